The summed E-state index contributed by atoms with van der Waals surface area (Å²) in [5.41, 5.74) is 11.1. The molecule has 0 saturated heterocycles. The van der Waals surface area contributed by atoms with Crippen molar-refractivity contribution < 1.29 is 0 Å². The van der Waals surface area contributed by atoms with Gasteiger partial charge in [0.05, 0.1) is 10.0 Å². The number of nitrogens with two attached hydrogens (primary N) is 1. The Morgan fingerprint density at radius 3 is 2.42 bits per heavy atom. The molecule has 0 aliphatic rings. The smallest absolute Gasteiger partial charge is 0.0595 e. The lowest BCUT2D eigenvalue weighted by atomic mass is 9.95. The standard InChI is InChI=1S/C16H17Cl2N/c1-10-3-4-11(2)13(7-10)9-16(19)12-5-6-14(17)15(18)8-12/h3-8,16H,9,19H2,1-2H3. The van der Waals surface area contributed by atoms with Gasteiger partial charge in [-0.05, 0) is 49.1 Å². The molecule has 19 heavy (non-hydrogen) atoms. The maximum Gasteiger partial charge on any atom is 0.0595 e. The molecule has 1 unspecified atom stereocenters. The van der Waals surface area contributed by atoms with Gasteiger partial charge in [-0.25, -0.2) is 0 Å². The number of benzene rings is 2. The molecule has 0 amide bonds. The van der Waals surface area contributed by atoms with Gasteiger partial charge in [0.25, 0.3) is 0 Å². The zero-order valence-electron chi connectivity index (χ0n) is 11.1. The summed E-state index contributed by atoms with van der Waals surface area (Å²) in [4.78, 5) is 0. The predicted octanol–water partition coefficient (Wildman–Crippen LogP) is 4.85. The second-order valence-corrected chi connectivity index (χ2v) is 5.73. The Balaban J connectivity index is 2.22. The molecular weight excluding hydrogens is 277 g/mol. The monoisotopic (exact) mass is 293 g/mol. The second-order valence-electron chi connectivity index (χ2n) is 4.91. The highest BCUT2D eigenvalue weighted by molar-refractivity contribution is 6.42. The van der Waals surface area contributed by atoms with Crippen molar-refractivity contribution in [2.75, 3.05) is 0 Å². The molecule has 1 atom stereocenters. The molecule has 2 aromatic carbocycles. The minimum absolute atomic E-state index is 0.0738. The first kappa shape index (κ1) is 14.4. The van der Waals surface area contributed by atoms with Crippen molar-refractivity contribution in [2.24, 2.45) is 5.73 Å². The minimum atomic E-state index is -0.0738. The third kappa shape index (κ3) is 3.50. The van der Waals surface area contributed by atoms with E-state index in [2.05, 4.69) is 32.0 Å². The van der Waals surface area contributed by atoms with Gasteiger partial charge >= 0.3 is 0 Å². The number of halogens is 2. The first-order chi connectivity index (χ1) is 8.97. The molecular formula is C16H17Cl2N. The Hall–Kier alpha value is -1.02. The molecule has 2 N–H and O–H groups in total. The van der Waals surface area contributed by atoms with E-state index in [0.29, 0.717) is 10.0 Å². The molecule has 0 aliphatic heterocycles. The summed E-state index contributed by atoms with van der Waals surface area (Å²) in [7, 11) is 0. The van der Waals surface area contributed by atoms with Crippen LogP contribution in [0.15, 0.2) is 36.4 Å². The van der Waals surface area contributed by atoms with Gasteiger partial charge < -0.3 is 5.73 Å². The minimum Gasteiger partial charge on any atom is -0.324 e. The van der Waals surface area contributed by atoms with E-state index in [1.807, 2.05) is 12.1 Å². The van der Waals surface area contributed by atoms with E-state index in [4.69, 9.17) is 28.9 Å². The van der Waals surface area contributed by atoms with Crippen LogP contribution in [0.25, 0.3) is 0 Å². The van der Waals surface area contributed by atoms with Crippen molar-refractivity contribution in [1.82, 2.24) is 0 Å². The van der Waals surface area contributed by atoms with Crippen molar-refractivity contribution >= 4 is 23.2 Å². The molecule has 0 heterocycles. The van der Waals surface area contributed by atoms with Gasteiger partial charge in [-0.3, -0.25) is 0 Å². The van der Waals surface area contributed by atoms with Crippen LogP contribution in [0.1, 0.15) is 28.3 Å². The van der Waals surface area contributed by atoms with Crippen molar-refractivity contribution in [3.05, 3.63) is 68.7 Å². The first-order valence-electron chi connectivity index (χ1n) is 6.24. The molecule has 0 aliphatic carbocycles. The molecule has 2 rings (SSSR count). The third-order valence-corrected chi connectivity index (χ3v) is 4.06. The number of hydrogen-bond acceptors (Lipinski definition) is 1. The van der Waals surface area contributed by atoms with Gasteiger partial charge in [0.15, 0.2) is 0 Å². The molecule has 0 spiro atoms. The van der Waals surface area contributed by atoms with Crippen molar-refractivity contribution in [3.8, 4) is 0 Å². The van der Waals surface area contributed by atoms with Gasteiger partial charge in [-0.1, -0.05) is 53.0 Å². The largest absolute Gasteiger partial charge is 0.324 e. The molecule has 1 nitrogen and oxygen atoms in total. The summed E-state index contributed by atoms with van der Waals surface area (Å²) in [6.45, 7) is 4.20. The number of rotatable bonds is 3. The first-order valence-corrected chi connectivity index (χ1v) is 6.99. The van der Waals surface area contributed by atoms with Crippen LogP contribution < -0.4 is 5.73 Å². The lowest BCUT2D eigenvalue weighted by Gasteiger charge is -2.15. The Morgan fingerprint density at radius 2 is 1.74 bits per heavy atom. The van der Waals surface area contributed by atoms with Crippen molar-refractivity contribution in [2.45, 2.75) is 26.3 Å². The normalized spacial score (nSPS) is 12.5. The van der Waals surface area contributed by atoms with Crippen LogP contribution in [-0.4, -0.2) is 0 Å². The summed E-state index contributed by atoms with van der Waals surface area (Å²) < 4.78 is 0. The van der Waals surface area contributed by atoms with Crippen LogP contribution in [0.4, 0.5) is 0 Å². The van der Waals surface area contributed by atoms with E-state index in [-0.39, 0.29) is 6.04 Å². The van der Waals surface area contributed by atoms with Gasteiger partial charge in [0.2, 0.25) is 0 Å². The van der Waals surface area contributed by atoms with Gasteiger partial charge in [0, 0.05) is 6.04 Å². The molecule has 0 bridgehead atoms. The van der Waals surface area contributed by atoms with Crippen LogP contribution in [0.3, 0.4) is 0 Å². The molecule has 0 radical (unpaired) electrons. The molecule has 0 aromatic heterocycles. The van der Waals surface area contributed by atoms with Gasteiger partial charge in [0.1, 0.15) is 0 Å². The van der Waals surface area contributed by atoms with Crippen LogP contribution in [-0.2, 0) is 6.42 Å². The third-order valence-electron chi connectivity index (χ3n) is 3.32. The lowest BCUT2D eigenvalue weighted by Crippen LogP contribution is -2.14. The summed E-state index contributed by atoms with van der Waals surface area (Å²) in [6.07, 6.45) is 0.797. The molecule has 100 valence electrons. The van der Waals surface area contributed by atoms with E-state index in [1.165, 1.54) is 16.7 Å². The van der Waals surface area contributed by atoms with Crippen LogP contribution in [0.5, 0.6) is 0 Å². The average molecular weight is 294 g/mol. The summed E-state index contributed by atoms with van der Waals surface area (Å²) in [5, 5.41) is 1.11. The van der Waals surface area contributed by atoms with E-state index in [9.17, 15) is 0 Å². The second kappa shape index (κ2) is 5.96. The predicted molar refractivity (Wildman–Crippen MR) is 83.0 cm³/mol. The Kier molecular flexibility index (Phi) is 4.51. The van der Waals surface area contributed by atoms with Gasteiger partial charge in [-0.15, -0.1) is 0 Å². The van der Waals surface area contributed by atoms with Crippen LogP contribution >= 0.6 is 23.2 Å². The van der Waals surface area contributed by atoms with E-state index in [0.717, 1.165) is 12.0 Å². The maximum absolute atomic E-state index is 6.26. The summed E-state index contributed by atoms with van der Waals surface area (Å²) in [5.74, 6) is 0. The van der Waals surface area contributed by atoms with E-state index < -0.39 is 0 Å². The Bertz CT molecular complexity index is 593. The van der Waals surface area contributed by atoms with Crippen LogP contribution in [0, 0.1) is 13.8 Å². The number of aryl methyl sites for hydroxylation is 2. The van der Waals surface area contributed by atoms with Crippen LogP contribution in [0.2, 0.25) is 10.0 Å². The average Bonchev–Trinajstić information content (AvgIpc) is 2.37. The fourth-order valence-corrected chi connectivity index (χ4v) is 2.42. The highest BCUT2D eigenvalue weighted by atomic mass is 35.5. The SMILES string of the molecule is Cc1ccc(C)c(CC(N)c2ccc(Cl)c(Cl)c2)c1. The summed E-state index contributed by atoms with van der Waals surface area (Å²) in [6, 6.07) is 11.9. The van der Waals surface area contributed by atoms with Crippen molar-refractivity contribution in [1.29, 1.82) is 0 Å². The van der Waals surface area contributed by atoms with E-state index >= 15 is 0 Å². The molecule has 2 aromatic rings. The Morgan fingerprint density at radius 1 is 1.00 bits per heavy atom. The fourth-order valence-electron chi connectivity index (χ4n) is 2.12. The molecule has 3 heteroatoms. The fraction of sp³-hybridized carbons (Fsp3) is 0.250. The van der Waals surface area contributed by atoms with Crippen molar-refractivity contribution in [3.63, 3.8) is 0 Å². The number of hydrogen-bond donors (Lipinski definition) is 1. The zero-order valence-corrected chi connectivity index (χ0v) is 12.6. The lowest BCUT2D eigenvalue weighted by molar-refractivity contribution is 0.718. The topological polar surface area (TPSA) is 26.0 Å². The quantitative estimate of drug-likeness (QED) is 0.860. The molecule has 0 fully saturated rings. The Labute approximate surface area is 124 Å². The van der Waals surface area contributed by atoms with E-state index in [1.54, 1.807) is 6.07 Å². The molecule has 0 saturated carbocycles. The summed E-state index contributed by atoms with van der Waals surface area (Å²) >= 11 is 11.9. The van der Waals surface area contributed by atoms with Gasteiger partial charge in [-0.2, -0.15) is 0 Å². The zero-order chi connectivity index (χ0) is 14.0. The maximum atomic E-state index is 6.26. The highest BCUT2D eigenvalue weighted by Crippen LogP contribution is 2.27. The highest BCUT2D eigenvalue weighted by Gasteiger charge is 2.10.